The zero-order valence-corrected chi connectivity index (χ0v) is 17.1. The Balaban J connectivity index is 0.00000225. The lowest BCUT2D eigenvalue weighted by Gasteiger charge is -2.09. The Bertz CT molecular complexity index is 882. The van der Waals surface area contributed by atoms with Crippen molar-refractivity contribution in [2.45, 2.75) is 33.2 Å². The SMILES string of the molecule is Cc1cccc2nc(CN=C(N)Nc3cccc(C(C)C)c3)cn12.I. The first kappa shape index (κ1) is 19.2. The predicted molar refractivity (Wildman–Crippen MR) is 115 cm³/mol. The smallest absolute Gasteiger partial charge is 0.193 e. The van der Waals surface area contributed by atoms with Crippen LogP contribution in [0.15, 0.2) is 53.7 Å². The second kappa shape index (κ2) is 8.33. The lowest BCUT2D eigenvalue weighted by atomic mass is 10.0. The van der Waals surface area contributed by atoms with Crippen molar-refractivity contribution in [3.63, 3.8) is 0 Å². The molecular formula is C19H24IN5. The number of halogens is 1. The van der Waals surface area contributed by atoms with E-state index in [0.717, 1.165) is 22.7 Å². The molecule has 0 fully saturated rings. The van der Waals surface area contributed by atoms with Crippen molar-refractivity contribution in [2.75, 3.05) is 5.32 Å². The van der Waals surface area contributed by atoms with Gasteiger partial charge in [0.2, 0.25) is 0 Å². The number of anilines is 1. The van der Waals surface area contributed by atoms with Gasteiger partial charge in [0, 0.05) is 17.6 Å². The van der Waals surface area contributed by atoms with Crippen LogP contribution >= 0.6 is 24.0 Å². The number of imidazole rings is 1. The van der Waals surface area contributed by atoms with Crippen LogP contribution < -0.4 is 11.1 Å². The average Bonchev–Trinajstić information content (AvgIpc) is 2.98. The lowest BCUT2D eigenvalue weighted by molar-refractivity contribution is 0.867. The molecule has 0 aliphatic heterocycles. The van der Waals surface area contributed by atoms with Crippen molar-refractivity contribution in [3.05, 3.63) is 65.6 Å². The van der Waals surface area contributed by atoms with E-state index in [1.807, 2.05) is 30.5 Å². The number of aromatic nitrogens is 2. The van der Waals surface area contributed by atoms with Crippen LogP contribution in [0.4, 0.5) is 5.69 Å². The molecule has 1 aromatic carbocycles. The van der Waals surface area contributed by atoms with Crippen molar-refractivity contribution >= 4 is 41.3 Å². The molecule has 3 N–H and O–H groups in total. The Labute approximate surface area is 165 Å². The highest BCUT2D eigenvalue weighted by atomic mass is 127. The number of fused-ring (bicyclic) bond motifs is 1. The van der Waals surface area contributed by atoms with Gasteiger partial charge in [0.1, 0.15) is 5.65 Å². The number of benzene rings is 1. The zero-order valence-electron chi connectivity index (χ0n) is 14.7. The summed E-state index contributed by atoms with van der Waals surface area (Å²) < 4.78 is 2.06. The summed E-state index contributed by atoms with van der Waals surface area (Å²) in [6.07, 6.45) is 2.00. The Morgan fingerprint density at radius 1 is 1.24 bits per heavy atom. The van der Waals surface area contributed by atoms with E-state index in [0.29, 0.717) is 18.4 Å². The topological polar surface area (TPSA) is 67.7 Å². The Morgan fingerprint density at radius 3 is 2.72 bits per heavy atom. The van der Waals surface area contributed by atoms with E-state index in [-0.39, 0.29) is 24.0 Å². The molecule has 0 bridgehead atoms. The van der Waals surface area contributed by atoms with Gasteiger partial charge in [-0.25, -0.2) is 9.98 Å². The summed E-state index contributed by atoms with van der Waals surface area (Å²) in [5, 5.41) is 3.15. The van der Waals surface area contributed by atoms with Gasteiger partial charge in [-0.15, -0.1) is 24.0 Å². The summed E-state index contributed by atoms with van der Waals surface area (Å²) in [4.78, 5) is 8.96. The van der Waals surface area contributed by atoms with Crippen LogP contribution in [-0.4, -0.2) is 15.3 Å². The third-order valence-corrected chi connectivity index (χ3v) is 3.98. The molecule has 2 aromatic heterocycles. The molecule has 0 aliphatic rings. The Kier molecular flexibility index (Phi) is 6.41. The summed E-state index contributed by atoms with van der Waals surface area (Å²) in [6, 6.07) is 14.3. The predicted octanol–water partition coefficient (Wildman–Crippen LogP) is 4.31. The first-order valence-corrected chi connectivity index (χ1v) is 8.13. The van der Waals surface area contributed by atoms with Crippen molar-refractivity contribution in [1.29, 1.82) is 0 Å². The third-order valence-electron chi connectivity index (χ3n) is 3.98. The molecule has 0 radical (unpaired) electrons. The molecule has 132 valence electrons. The van der Waals surface area contributed by atoms with Crippen molar-refractivity contribution in [2.24, 2.45) is 10.7 Å². The normalized spacial score (nSPS) is 11.6. The molecule has 2 heterocycles. The molecule has 0 unspecified atom stereocenters. The van der Waals surface area contributed by atoms with Crippen LogP contribution in [0.25, 0.3) is 5.65 Å². The number of rotatable bonds is 4. The second-order valence-corrected chi connectivity index (χ2v) is 6.23. The highest BCUT2D eigenvalue weighted by Gasteiger charge is 2.04. The fourth-order valence-electron chi connectivity index (χ4n) is 2.60. The molecule has 25 heavy (non-hydrogen) atoms. The second-order valence-electron chi connectivity index (χ2n) is 6.23. The number of nitrogens with one attached hydrogen (secondary N) is 1. The van der Waals surface area contributed by atoms with Gasteiger partial charge in [0.25, 0.3) is 0 Å². The summed E-state index contributed by atoms with van der Waals surface area (Å²) in [5.74, 6) is 0.871. The first-order valence-electron chi connectivity index (χ1n) is 8.13. The number of guanidine groups is 1. The monoisotopic (exact) mass is 449 g/mol. The van der Waals surface area contributed by atoms with Crippen molar-refractivity contribution in [1.82, 2.24) is 9.38 Å². The molecule has 0 amide bonds. The largest absolute Gasteiger partial charge is 0.370 e. The molecule has 0 atom stereocenters. The summed E-state index contributed by atoms with van der Waals surface area (Å²) in [5.41, 5.74) is 11.2. The van der Waals surface area contributed by atoms with Gasteiger partial charge >= 0.3 is 0 Å². The van der Waals surface area contributed by atoms with E-state index < -0.39 is 0 Å². The minimum absolute atomic E-state index is 0. The number of nitrogens with two attached hydrogens (primary N) is 1. The fourth-order valence-corrected chi connectivity index (χ4v) is 2.60. The van der Waals surface area contributed by atoms with E-state index in [2.05, 4.69) is 58.7 Å². The number of nitrogens with zero attached hydrogens (tertiary/aromatic N) is 3. The number of aliphatic imine (C=N–C) groups is 1. The average molecular weight is 449 g/mol. The molecular weight excluding hydrogens is 425 g/mol. The van der Waals surface area contributed by atoms with Crippen LogP contribution in [0.1, 0.15) is 36.7 Å². The minimum atomic E-state index is 0. The number of hydrogen-bond acceptors (Lipinski definition) is 2. The third kappa shape index (κ3) is 4.72. The standard InChI is InChI=1S/C19H23N5.HI/c1-13(2)15-7-5-8-16(10-15)23-19(20)21-11-17-12-24-14(3)6-4-9-18(24)22-17;/h4-10,12-13H,11H2,1-3H3,(H3,20,21,23);1H. The quantitative estimate of drug-likeness (QED) is 0.355. The molecule has 3 rings (SSSR count). The Hall–Kier alpha value is -2.09. The summed E-state index contributed by atoms with van der Waals surface area (Å²) in [6.45, 7) is 6.84. The van der Waals surface area contributed by atoms with Gasteiger partial charge in [-0.1, -0.05) is 32.0 Å². The number of aryl methyl sites for hydroxylation is 1. The number of pyridine rings is 1. The van der Waals surface area contributed by atoms with Crippen molar-refractivity contribution < 1.29 is 0 Å². The summed E-state index contributed by atoms with van der Waals surface area (Å²) >= 11 is 0. The van der Waals surface area contributed by atoms with Crippen LogP contribution in [-0.2, 0) is 6.54 Å². The molecule has 0 spiro atoms. The van der Waals surface area contributed by atoms with Crippen LogP contribution in [0.5, 0.6) is 0 Å². The van der Waals surface area contributed by atoms with E-state index in [9.17, 15) is 0 Å². The van der Waals surface area contributed by atoms with E-state index in [4.69, 9.17) is 5.73 Å². The fraction of sp³-hybridized carbons (Fsp3) is 0.263. The van der Waals surface area contributed by atoms with Crippen molar-refractivity contribution in [3.8, 4) is 0 Å². The van der Waals surface area contributed by atoms with Crippen LogP contribution in [0.3, 0.4) is 0 Å². The minimum Gasteiger partial charge on any atom is -0.370 e. The van der Waals surface area contributed by atoms with Gasteiger partial charge in [0.05, 0.1) is 12.2 Å². The van der Waals surface area contributed by atoms with Gasteiger partial charge in [-0.05, 0) is 42.7 Å². The van der Waals surface area contributed by atoms with Gasteiger partial charge in [-0.2, -0.15) is 0 Å². The lowest BCUT2D eigenvalue weighted by Crippen LogP contribution is -2.22. The summed E-state index contributed by atoms with van der Waals surface area (Å²) in [7, 11) is 0. The molecule has 0 saturated carbocycles. The highest BCUT2D eigenvalue weighted by Crippen LogP contribution is 2.18. The van der Waals surface area contributed by atoms with Gasteiger partial charge in [0.15, 0.2) is 5.96 Å². The van der Waals surface area contributed by atoms with E-state index >= 15 is 0 Å². The highest BCUT2D eigenvalue weighted by molar-refractivity contribution is 14.0. The molecule has 3 aromatic rings. The maximum absolute atomic E-state index is 6.01. The Morgan fingerprint density at radius 2 is 2.00 bits per heavy atom. The van der Waals surface area contributed by atoms with Crippen LogP contribution in [0.2, 0.25) is 0 Å². The molecule has 0 aliphatic carbocycles. The van der Waals surface area contributed by atoms with Gasteiger partial charge in [-0.3, -0.25) is 0 Å². The van der Waals surface area contributed by atoms with Gasteiger partial charge < -0.3 is 15.5 Å². The molecule has 0 saturated heterocycles. The molecule has 6 heteroatoms. The number of hydrogen-bond donors (Lipinski definition) is 2. The van der Waals surface area contributed by atoms with Crippen LogP contribution in [0, 0.1) is 6.92 Å². The maximum atomic E-state index is 6.01. The maximum Gasteiger partial charge on any atom is 0.193 e. The molecule has 5 nitrogen and oxygen atoms in total. The first-order chi connectivity index (χ1) is 11.5. The van der Waals surface area contributed by atoms with E-state index in [1.165, 1.54) is 5.56 Å². The van der Waals surface area contributed by atoms with E-state index in [1.54, 1.807) is 0 Å². The zero-order chi connectivity index (χ0) is 17.1.